The van der Waals surface area contributed by atoms with Crippen molar-refractivity contribution in [3.05, 3.63) is 78.2 Å². The first-order valence-electron chi connectivity index (χ1n) is 8.11. The van der Waals surface area contributed by atoms with Crippen LogP contribution in [0.3, 0.4) is 0 Å². The first kappa shape index (κ1) is 21.2. The maximum absolute atomic E-state index is 12.0. The zero-order valence-electron chi connectivity index (χ0n) is 14.6. The Morgan fingerprint density at radius 1 is 1.21 bits per heavy atom. The van der Waals surface area contributed by atoms with E-state index in [-0.39, 0.29) is 17.3 Å². The quantitative estimate of drug-likeness (QED) is 0.255. The maximum atomic E-state index is 12.0. The number of halogens is 3. The minimum Gasteiger partial charge on any atom is -0.483 e. The molecule has 0 aliphatic rings. The van der Waals surface area contributed by atoms with Gasteiger partial charge in [0.1, 0.15) is 5.75 Å². The number of benzene rings is 3. The standard InChI is InChI=1S/C19H12Br2ClN3O4/c20-13-2-4-15-11(7-13)1-6-17(19(15)21)29-10-18(26)24-23-9-12-8-14(25(27)28)3-5-16(12)22/h1-9H,10H2,(H,24,26). The van der Waals surface area contributed by atoms with Crippen molar-refractivity contribution >= 4 is 72.0 Å². The molecule has 1 amide bonds. The average Bonchev–Trinajstić information content (AvgIpc) is 2.68. The predicted molar refractivity (Wildman–Crippen MR) is 119 cm³/mol. The molecule has 148 valence electrons. The van der Waals surface area contributed by atoms with Crippen LogP contribution < -0.4 is 10.2 Å². The van der Waals surface area contributed by atoms with E-state index in [0.717, 1.165) is 19.7 Å². The van der Waals surface area contributed by atoms with Gasteiger partial charge in [-0.2, -0.15) is 5.10 Å². The number of nitro benzene ring substituents is 1. The van der Waals surface area contributed by atoms with Crippen LogP contribution in [0.5, 0.6) is 5.75 Å². The molecule has 0 spiro atoms. The van der Waals surface area contributed by atoms with Gasteiger partial charge in [-0.15, -0.1) is 0 Å². The predicted octanol–water partition coefficient (Wildman–Crippen LogP) is 5.46. The molecule has 10 heteroatoms. The fraction of sp³-hybridized carbons (Fsp3) is 0.0526. The van der Waals surface area contributed by atoms with E-state index in [0.29, 0.717) is 11.3 Å². The van der Waals surface area contributed by atoms with Crippen LogP contribution in [-0.2, 0) is 4.79 Å². The number of rotatable bonds is 6. The lowest BCUT2D eigenvalue weighted by Crippen LogP contribution is -2.24. The van der Waals surface area contributed by atoms with Crippen LogP contribution in [-0.4, -0.2) is 23.7 Å². The fourth-order valence-electron chi connectivity index (χ4n) is 2.45. The zero-order chi connectivity index (χ0) is 21.0. The SMILES string of the molecule is O=C(COc1ccc2cc(Br)ccc2c1Br)NN=Cc1cc([N+](=O)[O-])ccc1Cl. The molecule has 0 aliphatic carbocycles. The van der Waals surface area contributed by atoms with Crippen LogP contribution in [0.15, 0.2) is 62.6 Å². The van der Waals surface area contributed by atoms with Gasteiger partial charge in [0.25, 0.3) is 11.6 Å². The van der Waals surface area contributed by atoms with E-state index in [1.807, 2.05) is 24.3 Å². The van der Waals surface area contributed by atoms with E-state index >= 15 is 0 Å². The summed E-state index contributed by atoms with van der Waals surface area (Å²) in [4.78, 5) is 22.2. The van der Waals surface area contributed by atoms with E-state index in [1.54, 1.807) is 6.07 Å². The monoisotopic (exact) mass is 539 g/mol. The summed E-state index contributed by atoms with van der Waals surface area (Å²) >= 11 is 12.9. The third-order valence-corrected chi connectivity index (χ3v) is 5.48. The smallest absolute Gasteiger partial charge is 0.277 e. The summed E-state index contributed by atoms with van der Waals surface area (Å²) in [6.45, 7) is -0.263. The van der Waals surface area contributed by atoms with E-state index in [9.17, 15) is 14.9 Å². The van der Waals surface area contributed by atoms with Gasteiger partial charge in [-0.1, -0.05) is 39.7 Å². The van der Waals surface area contributed by atoms with Gasteiger partial charge in [0.15, 0.2) is 6.61 Å². The number of nitro groups is 1. The Labute approximate surface area is 187 Å². The van der Waals surface area contributed by atoms with Crippen LogP contribution in [0, 0.1) is 10.1 Å². The van der Waals surface area contributed by atoms with Gasteiger partial charge in [-0.25, -0.2) is 5.43 Å². The molecular weight excluding hydrogens is 529 g/mol. The number of carbonyl (C=O) groups is 1. The molecule has 0 radical (unpaired) electrons. The molecule has 0 atom stereocenters. The Morgan fingerprint density at radius 2 is 2.00 bits per heavy atom. The van der Waals surface area contributed by atoms with Crippen LogP contribution in [0.4, 0.5) is 5.69 Å². The molecule has 0 saturated carbocycles. The third-order valence-electron chi connectivity index (χ3n) is 3.82. The highest BCUT2D eigenvalue weighted by Crippen LogP contribution is 2.34. The van der Waals surface area contributed by atoms with E-state index in [1.165, 1.54) is 24.4 Å². The number of nitrogens with one attached hydrogen (secondary N) is 1. The first-order valence-corrected chi connectivity index (χ1v) is 10.1. The molecule has 0 bridgehead atoms. The van der Waals surface area contributed by atoms with Crippen molar-refractivity contribution in [1.29, 1.82) is 0 Å². The van der Waals surface area contributed by atoms with Crippen molar-refractivity contribution < 1.29 is 14.5 Å². The largest absolute Gasteiger partial charge is 0.483 e. The Balaban J connectivity index is 1.62. The molecule has 0 fully saturated rings. The lowest BCUT2D eigenvalue weighted by molar-refractivity contribution is -0.384. The lowest BCUT2D eigenvalue weighted by atomic mass is 10.1. The van der Waals surface area contributed by atoms with Gasteiger partial charge in [-0.05, 0) is 51.0 Å². The second-order valence-corrected chi connectivity index (χ2v) is 7.90. The zero-order valence-corrected chi connectivity index (χ0v) is 18.5. The van der Waals surface area contributed by atoms with Crippen LogP contribution in [0.1, 0.15) is 5.56 Å². The molecule has 1 N–H and O–H groups in total. The summed E-state index contributed by atoms with van der Waals surface area (Å²) in [5.74, 6) is 0.0197. The Bertz CT molecular complexity index is 1140. The van der Waals surface area contributed by atoms with Crippen molar-refractivity contribution in [2.45, 2.75) is 0 Å². The van der Waals surface area contributed by atoms with Gasteiger partial charge in [0.2, 0.25) is 0 Å². The minimum atomic E-state index is -0.541. The Hall–Kier alpha value is -2.49. The number of nitrogens with zero attached hydrogens (tertiary/aromatic N) is 2. The molecular formula is C19H12Br2ClN3O4. The Morgan fingerprint density at radius 3 is 2.76 bits per heavy atom. The summed E-state index contributed by atoms with van der Waals surface area (Å²) < 4.78 is 7.26. The van der Waals surface area contributed by atoms with Crippen LogP contribution in [0.2, 0.25) is 5.02 Å². The summed E-state index contributed by atoms with van der Waals surface area (Å²) in [6.07, 6.45) is 1.23. The number of hydrazone groups is 1. The molecule has 3 aromatic carbocycles. The molecule has 0 saturated heterocycles. The summed E-state index contributed by atoms with van der Waals surface area (Å²) in [5.41, 5.74) is 2.48. The normalized spacial score (nSPS) is 11.0. The van der Waals surface area contributed by atoms with E-state index in [4.69, 9.17) is 16.3 Å². The van der Waals surface area contributed by atoms with Crippen LogP contribution >= 0.6 is 43.5 Å². The molecule has 0 heterocycles. The molecule has 0 aliphatic heterocycles. The molecule has 3 aromatic rings. The Kier molecular flexibility index (Phi) is 6.83. The van der Waals surface area contributed by atoms with Crippen molar-refractivity contribution in [1.82, 2.24) is 5.43 Å². The highest BCUT2D eigenvalue weighted by Gasteiger charge is 2.10. The highest BCUT2D eigenvalue weighted by atomic mass is 79.9. The first-order chi connectivity index (χ1) is 13.8. The van der Waals surface area contributed by atoms with Crippen molar-refractivity contribution in [2.24, 2.45) is 5.10 Å². The molecule has 0 unspecified atom stereocenters. The minimum absolute atomic E-state index is 0.126. The van der Waals surface area contributed by atoms with Gasteiger partial charge in [-0.3, -0.25) is 14.9 Å². The number of hydrogen-bond donors (Lipinski definition) is 1. The van der Waals surface area contributed by atoms with E-state index in [2.05, 4.69) is 42.4 Å². The number of carbonyl (C=O) groups excluding carboxylic acids is 1. The van der Waals surface area contributed by atoms with E-state index < -0.39 is 10.8 Å². The van der Waals surface area contributed by atoms with Gasteiger partial charge in [0, 0.05) is 27.2 Å². The second kappa shape index (κ2) is 9.34. The number of ether oxygens (including phenoxy) is 1. The topological polar surface area (TPSA) is 93.8 Å². The highest BCUT2D eigenvalue weighted by molar-refractivity contribution is 9.11. The number of amides is 1. The molecule has 0 aromatic heterocycles. The third kappa shape index (κ3) is 5.31. The number of non-ortho nitro benzene ring substituents is 1. The number of fused-ring (bicyclic) bond motifs is 1. The average molecular weight is 542 g/mol. The fourth-order valence-corrected chi connectivity index (χ4v) is 3.60. The number of hydrogen-bond acceptors (Lipinski definition) is 5. The van der Waals surface area contributed by atoms with Crippen LogP contribution in [0.25, 0.3) is 10.8 Å². The molecule has 3 rings (SSSR count). The van der Waals surface area contributed by atoms with Crippen molar-refractivity contribution in [2.75, 3.05) is 6.61 Å². The van der Waals surface area contributed by atoms with Gasteiger partial charge in [0.05, 0.1) is 15.6 Å². The summed E-state index contributed by atoms with van der Waals surface area (Å²) in [6, 6.07) is 13.4. The molecule has 7 nitrogen and oxygen atoms in total. The lowest BCUT2D eigenvalue weighted by Gasteiger charge is -2.10. The van der Waals surface area contributed by atoms with Crippen molar-refractivity contribution in [3.63, 3.8) is 0 Å². The summed E-state index contributed by atoms with van der Waals surface area (Å²) in [7, 11) is 0. The molecule has 29 heavy (non-hydrogen) atoms. The summed E-state index contributed by atoms with van der Waals surface area (Å²) in [5, 5.41) is 16.8. The van der Waals surface area contributed by atoms with Gasteiger partial charge < -0.3 is 4.74 Å². The van der Waals surface area contributed by atoms with Gasteiger partial charge >= 0.3 is 0 Å². The van der Waals surface area contributed by atoms with Crippen molar-refractivity contribution in [3.8, 4) is 5.75 Å². The second-order valence-electron chi connectivity index (χ2n) is 5.79. The maximum Gasteiger partial charge on any atom is 0.277 e.